The summed E-state index contributed by atoms with van der Waals surface area (Å²) in [6, 6.07) is 6.56. The summed E-state index contributed by atoms with van der Waals surface area (Å²) in [6.07, 6.45) is 3.16. The number of rotatable bonds is 6. The van der Waals surface area contributed by atoms with E-state index >= 15 is 0 Å². The summed E-state index contributed by atoms with van der Waals surface area (Å²) in [6.45, 7) is 3.06. The minimum absolute atomic E-state index is 0.222. The minimum atomic E-state index is -2.74. The highest BCUT2D eigenvalue weighted by molar-refractivity contribution is 6.31. The van der Waals surface area contributed by atoms with Gasteiger partial charge in [-0.15, -0.1) is 0 Å². The molecule has 1 aliphatic rings. The fourth-order valence-corrected chi connectivity index (χ4v) is 4.62. The molecule has 0 aliphatic carbocycles. The van der Waals surface area contributed by atoms with Crippen molar-refractivity contribution in [3.05, 3.63) is 57.1 Å². The Labute approximate surface area is 208 Å². The van der Waals surface area contributed by atoms with E-state index in [-0.39, 0.29) is 11.3 Å². The summed E-state index contributed by atoms with van der Waals surface area (Å²) in [5.74, 6) is 1.06. The third-order valence-electron chi connectivity index (χ3n) is 6.00. The van der Waals surface area contributed by atoms with Gasteiger partial charge in [0.25, 0.3) is 11.5 Å². The topological polar surface area (TPSA) is 89.3 Å². The van der Waals surface area contributed by atoms with Crippen molar-refractivity contribution >= 4 is 34.4 Å². The third-order valence-corrected chi connectivity index (χ3v) is 6.31. The van der Waals surface area contributed by atoms with Crippen molar-refractivity contribution in [1.29, 1.82) is 0 Å². The summed E-state index contributed by atoms with van der Waals surface area (Å²) in [4.78, 5) is 35.9. The van der Waals surface area contributed by atoms with Crippen LogP contribution in [0.3, 0.4) is 0 Å². The molecule has 180 valence electrons. The first-order valence-electron chi connectivity index (χ1n) is 12.7. The number of nitrogens with zero attached hydrogens (tertiary/aromatic N) is 4. The molecule has 0 spiro atoms. The van der Waals surface area contributed by atoms with Gasteiger partial charge in [0.05, 0.1) is 22.4 Å². The van der Waals surface area contributed by atoms with Crippen molar-refractivity contribution in [1.82, 2.24) is 19.9 Å². The first kappa shape index (κ1) is 20.3. The molecule has 0 bridgehead atoms. The minimum Gasteiger partial charge on any atom is -0.478 e. The average molecular weight is 487 g/mol. The number of hydrogen-bond donors (Lipinski definition) is 1. The van der Waals surface area contributed by atoms with E-state index in [0.717, 1.165) is 18.7 Å². The standard InChI is InChI=1S/C25H30ClN5O3/c1-15-7-16(2)13-31(12-15)25-28-11-19(26)20(29-25)9-17-5-6-21-18(8-17)10-22(24(33)30(21)4)34-14-23(32)27-3/h5-6,8,10-11,15-16H,7,9,12-14H2,1-4H3,(H,27,32)/t15-,16+/i4D3. The molecule has 0 radical (unpaired) electrons. The number of fused-ring (bicyclic) bond motifs is 1. The molecule has 1 aliphatic heterocycles. The maximum Gasteiger partial charge on any atom is 0.293 e. The lowest BCUT2D eigenvalue weighted by Crippen LogP contribution is -2.39. The van der Waals surface area contributed by atoms with Crippen LogP contribution in [0, 0.1) is 11.8 Å². The second-order valence-corrected chi connectivity index (χ2v) is 9.40. The number of hydrogen-bond acceptors (Lipinski definition) is 6. The first-order chi connectivity index (χ1) is 17.5. The molecule has 1 fully saturated rings. The van der Waals surface area contributed by atoms with E-state index in [4.69, 9.17) is 25.4 Å². The van der Waals surface area contributed by atoms with Gasteiger partial charge in [-0.1, -0.05) is 31.5 Å². The Bertz CT molecular complexity index is 1370. The van der Waals surface area contributed by atoms with E-state index in [1.54, 1.807) is 24.4 Å². The molecule has 2 atom stereocenters. The Balaban J connectivity index is 1.70. The number of pyridine rings is 1. The van der Waals surface area contributed by atoms with Crippen LogP contribution in [0.2, 0.25) is 5.02 Å². The lowest BCUT2D eigenvalue weighted by Gasteiger charge is -2.35. The number of carbonyl (C=O) groups excluding carboxylic acids is 1. The third kappa shape index (κ3) is 5.17. The molecule has 8 nitrogen and oxygen atoms in total. The predicted molar refractivity (Wildman–Crippen MR) is 134 cm³/mol. The lowest BCUT2D eigenvalue weighted by atomic mass is 9.92. The molecule has 2 aromatic heterocycles. The van der Waals surface area contributed by atoms with Crippen LogP contribution in [-0.4, -0.2) is 47.2 Å². The van der Waals surface area contributed by atoms with Gasteiger partial charge < -0.3 is 19.5 Å². The summed E-state index contributed by atoms with van der Waals surface area (Å²) in [5, 5.41) is 3.31. The zero-order valence-electron chi connectivity index (χ0n) is 22.5. The predicted octanol–water partition coefficient (Wildman–Crippen LogP) is 3.18. The molecule has 3 aromatic rings. The summed E-state index contributed by atoms with van der Waals surface area (Å²) < 4.78 is 29.7. The van der Waals surface area contributed by atoms with Crippen LogP contribution in [0.1, 0.15) is 35.6 Å². The van der Waals surface area contributed by atoms with Gasteiger partial charge in [0.1, 0.15) is 0 Å². The highest BCUT2D eigenvalue weighted by atomic mass is 35.5. The molecule has 4 rings (SSSR count). The van der Waals surface area contributed by atoms with Gasteiger partial charge >= 0.3 is 0 Å². The number of anilines is 1. The first-order valence-corrected chi connectivity index (χ1v) is 11.6. The van der Waals surface area contributed by atoms with Crippen LogP contribution in [0.15, 0.2) is 35.3 Å². The molecule has 3 heterocycles. The number of aromatic nitrogens is 3. The van der Waals surface area contributed by atoms with Crippen LogP contribution in [0.5, 0.6) is 5.75 Å². The van der Waals surface area contributed by atoms with Crippen molar-refractivity contribution in [3.8, 4) is 5.75 Å². The monoisotopic (exact) mass is 486 g/mol. The number of ether oxygens (including phenoxy) is 1. The number of benzene rings is 1. The molecule has 0 saturated carbocycles. The highest BCUT2D eigenvalue weighted by Gasteiger charge is 2.24. The summed E-state index contributed by atoms with van der Waals surface area (Å²) >= 11 is 6.46. The van der Waals surface area contributed by atoms with E-state index in [2.05, 4.69) is 29.0 Å². The molecular formula is C25H30ClN5O3. The number of likely N-dealkylation sites (N-methyl/N-ethyl adjacent to an activating group) is 1. The number of halogens is 1. The average Bonchev–Trinajstić information content (AvgIpc) is 2.82. The molecule has 1 N–H and O–H groups in total. The van der Waals surface area contributed by atoms with Crippen molar-refractivity contribution in [2.24, 2.45) is 18.8 Å². The van der Waals surface area contributed by atoms with Gasteiger partial charge in [0.15, 0.2) is 12.4 Å². The van der Waals surface area contributed by atoms with E-state index in [9.17, 15) is 9.59 Å². The Morgan fingerprint density at radius 3 is 2.76 bits per heavy atom. The fourth-order valence-electron chi connectivity index (χ4n) is 4.46. The number of carbonyl (C=O) groups is 1. The zero-order chi connectivity index (χ0) is 26.9. The van der Waals surface area contributed by atoms with Gasteiger partial charge in [-0.3, -0.25) is 9.59 Å². The van der Waals surface area contributed by atoms with Gasteiger partial charge in [-0.05, 0) is 42.0 Å². The van der Waals surface area contributed by atoms with Gasteiger partial charge in [-0.25, -0.2) is 9.97 Å². The summed E-state index contributed by atoms with van der Waals surface area (Å²) in [7, 11) is 1.44. The Kier molecular flexibility index (Phi) is 5.97. The Hall–Kier alpha value is -3.13. The van der Waals surface area contributed by atoms with Crippen LogP contribution in [0.25, 0.3) is 10.9 Å². The Morgan fingerprint density at radius 2 is 2.06 bits per heavy atom. The number of piperidine rings is 1. The van der Waals surface area contributed by atoms with E-state index in [1.807, 2.05) is 0 Å². The van der Waals surface area contributed by atoms with Gasteiger partial charge in [0.2, 0.25) is 5.95 Å². The molecule has 0 unspecified atom stereocenters. The van der Waals surface area contributed by atoms with Gasteiger partial charge in [-0.2, -0.15) is 0 Å². The van der Waals surface area contributed by atoms with Crippen molar-refractivity contribution < 1.29 is 13.6 Å². The van der Waals surface area contributed by atoms with Crippen LogP contribution >= 0.6 is 11.6 Å². The van der Waals surface area contributed by atoms with Crippen molar-refractivity contribution in [2.45, 2.75) is 26.7 Å². The maximum absolute atomic E-state index is 12.9. The Morgan fingerprint density at radius 1 is 1.29 bits per heavy atom. The molecule has 34 heavy (non-hydrogen) atoms. The highest BCUT2D eigenvalue weighted by Crippen LogP contribution is 2.27. The largest absolute Gasteiger partial charge is 0.478 e. The molecule has 1 amide bonds. The molecule has 9 heteroatoms. The smallest absolute Gasteiger partial charge is 0.293 e. The SMILES string of the molecule is [2H]C([2H])([2H])n1c(=O)c(OCC(=O)NC)cc2cc(Cc3nc(N4C[C@H](C)C[C@H](C)C4)ncc3Cl)ccc21. The number of aryl methyl sites for hydroxylation is 1. The summed E-state index contributed by atoms with van der Waals surface area (Å²) in [5.41, 5.74) is 0.856. The molecular weight excluding hydrogens is 454 g/mol. The quantitative estimate of drug-likeness (QED) is 0.575. The normalized spacial score (nSPS) is 19.9. The van der Waals surface area contributed by atoms with E-state index < -0.39 is 25.0 Å². The number of nitrogens with one attached hydrogen (secondary N) is 1. The maximum atomic E-state index is 12.9. The van der Waals surface area contributed by atoms with Crippen molar-refractivity contribution in [2.75, 3.05) is 31.6 Å². The van der Waals surface area contributed by atoms with Crippen LogP contribution in [-0.2, 0) is 18.2 Å². The zero-order valence-corrected chi connectivity index (χ0v) is 20.2. The molecule has 1 aromatic carbocycles. The van der Waals surface area contributed by atoms with E-state index in [1.165, 1.54) is 19.5 Å². The van der Waals surface area contributed by atoms with Crippen molar-refractivity contribution in [3.63, 3.8) is 0 Å². The fraction of sp³-hybridized carbons (Fsp3) is 0.440. The van der Waals surface area contributed by atoms with Gasteiger partial charge in [0, 0.05) is 43.0 Å². The van der Waals surface area contributed by atoms with Crippen LogP contribution < -0.4 is 20.5 Å². The molecule has 1 saturated heterocycles. The number of amides is 1. The van der Waals surface area contributed by atoms with Crippen LogP contribution in [0.4, 0.5) is 5.95 Å². The second-order valence-electron chi connectivity index (χ2n) is 9.00. The van der Waals surface area contributed by atoms with E-state index in [0.29, 0.717) is 44.9 Å². The lowest BCUT2D eigenvalue weighted by molar-refractivity contribution is -0.122. The second kappa shape index (κ2) is 10.0.